The van der Waals surface area contributed by atoms with E-state index in [9.17, 15) is 19.8 Å². The smallest absolute Gasteiger partial charge is 0.432 e. The zero-order chi connectivity index (χ0) is 23.4. The van der Waals surface area contributed by atoms with Gasteiger partial charge in [0.15, 0.2) is 11.2 Å². The van der Waals surface area contributed by atoms with Crippen LogP contribution < -0.4 is 0 Å². The molecule has 0 bridgehead atoms. The van der Waals surface area contributed by atoms with Gasteiger partial charge >= 0.3 is 12.2 Å². The molecule has 2 N–H and O–H groups in total. The standard InChI is InChI=1S/C24H28N2O6/c1-21(15-17-11-7-5-8-12-17)23(3,29)25(19(27)31-21)26-20(28)32-22(2,24(26,4)30)16-18-13-9-6-10-14-18/h5-14,29-30H,15-16H2,1-4H3. The molecule has 0 aliphatic carbocycles. The molecule has 8 nitrogen and oxygen atoms in total. The SMILES string of the molecule is CC1(Cc2ccccc2)OC(=O)N(N2C(=O)OC(C)(Cc3ccccc3)C2(C)O)C1(C)O. The van der Waals surface area contributed by atoms with Crippen LogP contribution in [0.25, 0.3) is 0 Å². The first kappa shape index (κ1) is 22.1. The average Bonchev–Trinajstić information content (AvgIpc) is 2.98. The molecule has 170 valence electrons. The van der Waals surface area contributed by atoms with Crippen LogP contribution in [0.1, 0.15) is 38.8 Å². The number of carbonyl (C=O) groups excluding carboxylic acids is 2. The Hall–Kier alpha value is -3.10. The van der Waals surface area contributed by atoms with E-state index >= 15 is 0 Å². The number of ether oxygens (including phenoxy) is 2. The van der Waals surface area contributed by atoms with E-state index in [2.05, 4.69) is 0 Å². The second-order valence-electron chi connectivity index (χ2n) is 9.19. The van der Waals surface area contributed by atoms with Crippen LogP contribution >= 0.6 is 0 Å². The Labute approximate surface area is 186 Å². The largest absolute Gasteiger partial charge is 0.436 e. The van der Waals surface area contributed by atoms with Crippen LogP contribution in [0.5, 0.6) is 0 Å². The van der Waals surface area contributed by atoms with Gasteiger partial charge in [-0.2, -0.15) is 10.0 Å². The van der Waals surface area contributed by atoms with Gasteiger partial charge in [0.25, 0.3) is 0 Å². The third-order valence-corrected chi connectivity index (χ3v) is 6.77. The Kier molecular flexibility index (Phi) is 4.98. The lowest BCUT2D eigenvalue weighted by atomic mass is 9.86. The van der Waals surface area contributed by atoms with Gasteiger partial charge in [-0.15, -0.1) is 0 Å². The first-order chi connectivity index (χ1) is 14.9. The first-order valence-electron chi connectivity index (χ1n) is 10.5. The van der Waals surface area contributed by atoms with Gasteiger partial charge < -0.3 is 19.7 Å². The number of nitrogens with zero attached hydrogens (tertiary/aromatic N) is 2. The molecular formula is C24H28N2O6. The van der Waals surface area contributed by atoms with Gasteiger partial charge in [-0.1, -0.05) is 60.7 Å². The van der Waals surface area contributed by atoms with Gasteiger partial charge in [-0.25, -0.2) is 9.59 Å². The maximum Gasteiger partial charge on any atom is 0.432 e. The highest BCUT2D eigenvalue weighted by atomic mass is 16.7. The van der Waals surface area contributed by atoms with Crippen LogP contribution in [0.3, 0.4) is 0 Å². The molecule has 8 heteroatoms. The Bertz CT molecular complexity index is 942. The Balaban J connectivity index is 1.67. The number of aliphatic hydroxyl groups is 2. The number of rotatable bonds is 5. The van der Waals surface area contributed by atoms with Gasteiger partial charge in [0.05, 0.1) is 0 Å². The number of cyclic esters (lactones) is 2. The van der Waals surface area contributed by atoms with E-state index in [0.29, 0.717) is 0 Å². The quantitative estimate of drug-likeness (QED) is 0.741. The van der Waals surface area contributed by atoms with Crippen LogP contribution in [0, 0.1) is 0 Å². The molecule has 2 aromatic carbocycles. The van der Waals surface area contributed by atoms with Gasteiger partial charge in [-0.3, -0.25) is 0 Å². The monoisotopic (exact) mass is 440 g/mol. The van der Waals surface area contributed by atoms with E-state index in [1.54, 1.807) is 13.8 Å². The molecule has 2 aromatic rings. The van der Waals surface area contributed by atoms with Gasteiger partial charge in [0, 0.05) is 12.8 Å². The predicted octanol–water partition coefficient (Wildman–Crippen LogP) is 3.23. The molecule has 0 saturated carbocycles. The van der Waals surface area contributed by atoms with Gasteiger partial charge in [0.2, 0.25) is 11.4 Å². The molecule has 2 aliphatic heterocycles. The van der Waals surface area contributed by atoms with Gasteiger partial charge in [-0.05, 0) is 38.8 Å². The van der Waals surface area contributed by atoms with Crippen molar-refractivity contribution < 1.29 is 29.3 Å². The molecule has 0 radical (unpaired) electrons. The summed E-state index contributed by atoms with van der Waals surface area (Å²) in [5, 5.41) is 24.5. The van der Waals surface area contributed by atoms with Crippen molar-refractivity contribution in [2.45, 2.75) is 63.2 Å². The second-order valence-corrected chi connectivity index (χ2v) is 9.19. The molecule has 4 atom stereocenters. The highest BCUT2D eigenvalue weighted by molar-refractivity contribution is 5.79. The van der Waals surface area contributed by atoms with Gasteiger partial charge in [0.1, 0.15) is 0 Å². The van der Waals surface area contributed by atoms with Crippen molar-refractivity contribution in [3.63, 3.8) is 0 Å². The third kappa shape index (κ3) is 3.22. The molecule has 2 fully saturated rings. The molecule has 0 aromatic heterocycles. The summed E-state index contributed by atoms with van der Waals surface area (Å²) in [6.07, 6.45) is -1.49. The number of amides is 2. The summed E-state index contributed by atoms with van der Waals surface area (Å²) in [7, 11) is 0. The van der Waals surface area contributed by atoms with E-state index < -0.39 is 34.8 Å². The fraction of sp³-hybridized carbons (Fsp3) is 0.417. The first-order valence-corrected chi connectivity index (χ1v) is 10.5. The summed E-state index contributed by atoms with van der Waals surface area (Å²) in [5.41, 5.74) is -5.01. The fourth-order valence-electron chi connectivity index (χ4n) is 4.40. The van der Waals surface area contributed by atoms with Crippen molar-refractivity contribution in [2.75, 3.05) is 0 Å². The van der Waals surface area contributed by atoms with Crippen LogP contribution in [0.2, 0.25) is 0 Å². The Morgan fingerprint density at radius 3 is 1.28 bits per heavy atom. The normalized spacial score (nSPS) is 34.6. The Morgan fingerprint density at radius 1 is 0.656 bits per heavy atom. The van der Waals surface area contributed by atoms with Crippen LogP contribution in [-0.4, -0.2) is 55.1 Å². The Morgan fingerprint density at radius 2 is 0.969 bits per heavy atom. The van der Waals surface area contributed by atoms with E-state index in [1.807, 2.05) is 60.7 Å². The number of benzene rings is 2. The maximum atomic E-state index is 13.0. The number of hydrazine groups is 1. The summed E-state index contributed by atoms with van der Waals surface area (Å²) < 4.78 is 11.2. The third-order valence-electron chi connectivity index (χ3n) is 6.77. The number of carbonyl (C=O) groups is 2. The molecule has 32 heavy (non-hydrogen) atoms. The highest BCUT2D eigenvalue weighted by Gasteiger charge is 2.70. The van der Waals surface area contributed by atoms with E-state index in [4.69, 9.17) is 9.47 Å². The van der Waals surface area contributed by atoms with Crippen molar-refractivity contribution in [3.8, 4) is 0 Å². The summed E-state index contributed by atoms with van der Waals surface area (Å²) in [6, 6.07) is 18.5. The van der Waals surface area contributed by atoms with Crippen LogP contribution in [0.15, 0.2) is 60.7 Å². The summed E-state index contributed by atoms with van der Waals surface area (Å²) >= 11 is 0. The van der Waals surface area contributed by atoms with Crippen molar-refractivity contribution >= 4 is 12.2 Å². The molecule has 4 rings (SSSR count). The zero-order valence-electron chi connectivity index (χ0n) is 18.6. The summed E-state index contributed by atoms with van der Waals surface area (Å²) in [6.45, 7) is 5.96. The fourth-order valence-corrected chi connectivity index (χ4v) is 4.40. The molecule has 2 aliphatic rings. The number of hydrogen-bond acceptors (Lipinski definition) is 6. The lowest BCUT2D eigenvalue weighted by molar-refractivity contribution is -0.245. The minimum absolute atomic E-state index is 0.204. The molecular weight excluding hydrogens is 412 g/mol. The van der Waals surface area contributed by atoms with Crippen molar-refractivity contribution in [1.82, 2.24) is 10.0 Å². The lowest BCUT2D eigenvalue weighted by Crippen LogP contribution is -2.68. The molecule has 2 amide bonds. The minimum Gasteiger partial charge on any atom is -0.436 e. The second kappa shape index (κ2) is 7.21. The van der Waals surface area contributed by atoms with Crippen molar-refractivity contribution in [3.05, 3.63) is 71.8 Å². The van der Waals surface area contributed by atoms with Crippen molar-refractivity contribution in [1.29, 1.82) is 0 Å². The molecule has 2 saturated heterocycles. The lowest BCUT2D eigenvalue weighted by Gasteiger charge is -2.44. The minimum atomic E-state index is -1.96. The summed E-state index contributed by atoms with van der Waals surface area (Å²) in [5.74, 6) is 0. The number of hydrogen-bond donors (Lipinski definition) is 2. The highest BCUT2D eigenvalue weighted by Crippen LogP contribution is 2.47. The topological polar surface area (TPSA) is 99.5 Å². The molecule has 4 unspecified atom stereocenters. The maximum absolute atomic E-state index is 13.0. The average molecular weight is 440 g/mol. The molecule has 2 heterocycles. The van der Waals surface area contributed by atoms with E-state index in [1.165, 1.54) is 13.8 Å². The predicted molar refractivity (Wildman–Crippen MR) is 115 cm³/mol. The van der Waals surface area contributed by atoms with Crippen LogP contribution in [-0.2, 0) is 22.3 Å². The summed E-state index contributed by atoms with van der Waals surface area (Å²) in [4.78, 5) is 25.9. The zero-order valence-corrected chi connectivity index (χ0v) is 18.6. The van der Waals surface area contributed by atoms with Crippen LogP contribution in [0.4, 0.5) is 9.59 Å². The van der Waals surface area contributed by atoms with E-state index in [0.717, 1.165) is 21.1 Å². The van der Waals surface area contributed by atoms with Crippen molar-refractivity contribution in [2.24, 2.45) is 0 Å². The van der Waals surface area contributed by atoms with E-state index in [-0.39, 0.29) is 12.8 Å². The molecule has 0 spiro atoms.